The van der Waals surface area contributed by atoms with Crippen LogP contribution in [0.5, 0.6) is 0 Å². The van der Waals surface area contributed by atoms with Gasteiger partial charge in [-0.3, -0.25) is 0 Å². The van der Waals surface area contributed by atoms with Crippen LogP contribution in [0.2, 0.25) is 0 Å². The highest BCUT2D eigenvalue weighted by atomic mass is 79.9. The molecule has 1 aromatic heterocycles. The third kappa shape index (κ3) is 7.24. The van der Waals surface area contributed by atoms with Gasteiger partial charge in [0.05, 0.1) is 3.79 Å². The van der Waals surface area contributed by atoms with Crippen LogP contribution >= 0.6 is 27.3 Å². The minimum Gasteiger partial charge on any atom is -0.323 e. The van der Waals surface area contributed by atoms with Gasteiger partial charge in [0.1, 0.15) is 0 Å². The average molecular weight is 360 g/mol. The van der Waals surface area contributed by atoms with Gasteiger partial charge < -0.3 is 5.73 Å². The fraction of sp³-hybridized carbons (Fsp3) is 0.765. The molecule has 0 aliphatic rings. The highest BCUT2D eigenvalue weighted by molar-refractivity contribution is 9.11. The zero-order valence-electron chi connectivity index (χ0n) is 13.1. The van der Waals surface area contributed by atoms with E-state index in [-0.39, 0.29) is 6.04 Å². The number of nitrogens with two attached hydrogens (primary N) is 1. The van der Waals surface area contributed by atoms with Crippen molar-refractivity contribution < 1.29 is 0 Å². The van der Waals surface area contributed by atoms with E-state index in [0.29, 0.717) is 0 Å². The quantitative estimate of drug-likeness (QED) is 0.435. The van der Waals surface area contributed by atoms with Gasteiger partial charge in [0, 0.05) is 10.9 Å². The summed E-state index contributed by atoms with van der Waals surface area (Å²) in [5.74, 6) is 0. The first-order chi connectivity index (χ1) is 9.65. The molecule has 0 saturated heterocycles. The van der Waals surface area contributed by atoms with E-state index in [1.165, 1.54) is 72.0 Å². The lowest BCUT2D eigenvalue weighted by Gasteiger charge is -2.09. The molecule has 0 saturated carbocycles. The van der Waals surface area contributed by atoms with Crippen molar-refractivity contribution in [2.24, 2.45) is 5.73 Å². The van der Waals surface area contributed by atoms with Crippen LogP contribution in [-0.2, 0) is 0 Å². The fourth-order valence-corrected chi connectivity index (χ4v) is 4.09. The molecule has 1 unspecified atom stereocenters. The number of hydrogen-bond donors (Lipinski definition) is 1. The lowest BCUT2D eigenvalue weighted by Crippen LogP contribution is -2.08. The standard InChI is InChI=1S/C17H30BrNS/c1-3-4-5-6-7-8-9-10-11-12-15(19)16-13-14(2)17(18)20-16/h13,15H,3-12,19H2,1-2H3. The van der Waals surface area contributed by atoms with Crippen molar-refractivity contribution in [3.63, 3.8) is 0 Å². The molecule has 1 aromatic rings. The van der Waals surface area contributed by atoms with E-state index in [1.54, 1.807) is 11.3 Å². The Morgan fingerprint density at radius 2 is 1.60 bits per heavy atom. The van der Waals surface area contributed by atoms with Crippen molar-refractivity contribution in [3.8, 4) is 0 Å². The Hall–Kier alpha value is 0.140. The topological polar surface area (TPSA) is 26.0 Å². The summed E-state index contributed by atoms with van der Waals surface area (Å²) >= 11 is 5.37. The van der Waals surface area contributed by atoms with Crippen LogP contribution in [0.25, 0.3) is 0 Å². The first-order valence-electron chi connectivity index (χ1n) is 8.16. The smallest absolute Gasteiger partial charge is 0.0731 e. The summed E-state index contributed by atoms with van der Waals surface area (Å²) in [6.45, 7) is 4.41. The first-order valence-corrected chi connectivity index (χ1v) is 9.77. The first kappa shape index (κ1) is 18.2. The molecule has 2 N–H and O–H groups in total. The molecule has 3 heteroatoms. The highest BCUT2D eigenvalue weighted by Crippen LogP contribution is 2.32. The van der Waals surface area contributed by atoms with E-state index in [4.69, 9.17) is 5.73 Å². The fourth-order valence-electron chi connectivity index (χ4n) is 2.48. The third-order valence-electron chi connectivity index (χ3n) is 3.86. The minimum absolute atomic E-state index is 0.231. The van der Waals surface area contributed by atoms with Crippen molar-refractivity contribution in [1.29, 1.82) is 0 Å². The van der Waals surface area contributed by atoms with Crippen LogP contribution in [0.1, 0.15) is 87.6 Å². The van der Waals surface area contributed by atoms with Gasteiger partial charge in [-0.2, -0.15) is 0 Å². The summed E-state index contributed by atoms with van der Waals surface area (Å²) in [4.78, 5) is 1.33. The second kappa shape index (κ2) is 10.8. The van der Waals surface area contributed by atoms with E-state index < -0.39 is 0 Å². The van der Waals surface area contributed by atoms with Crippen LogP contribution in [0.15, 0.2) is 9.85 Å². The van der Waals surface area contributed by atoms with Gasteiger partial charge in [0.2, 0.25) is 0 Å². The number of thiophene rings is 1. The van der Waals surface area contributed by atoms with Crippen LogP contribution in [-0.4, -0.2) is 0 Å². The zero-order valence-corrected chi connectivity index (χ0v) is 15.5. The van der Waals surface area contributed by atoms with Crippen LogP contribution in [0, 0.1) is 6.92 Å². The SMILES string of the molecule is CCCCCCCCCCCC(N)c1cc(C)c(Br)s1. The maximum absolute atomic E-state index is 6.26. The molecule has 0 aromatic carbocycles. The summed E-state index contributed by atoms with van der Waals surface area (Å²) in [6, 6.07) is 2.46. The van der Waals surface area contributed by atoms with E-state index >= 15 is 0 Å². The van der Waals surface area contributed by atoms with E-state index in [1.807, 2.05) is 0 Å². The molecule has 0 aliphatic heterocycles. The number of rotatable bonds is 11. The predicted octanol–water partition coefficient (Wildman–Crippen LogP) is 6.74. The molecule has 1 rings (SSSR count). The molecular weight excluding hydrogens is 330 g/mol. The van der Waals surface area contributed by atoms with Gasteiger partial charge in [-0.1, -0.05) is 64.7 Å². The number of halogens is 1. The summed E-state index contributed by atoms with van der Waals surface area (Å²) in [5, 5.41) is 0. The Balaban J connectivity index is 2.01. The van der Waals surface area contributed by atoms with Gasteiger partial charge in [0.25, 0.3) is 0 Å². The van der Waals surface area contributed by atoms with Gasteiger partial charge in [-0.15, -0.1) is 11.3 Å². The lowest BCUT2D eigenvalue weighted by molar-refractivity contribution is 0.534. The third-order valence-corrected chi connectivity index (χ3v) is 6.13. The molecule has 0 radical (unpaired) electrons. The number of unbranched alkanes of at least 4 members (excludes halogenated alkanes) is 8. The van der Waals surface area contributed by atoms with E-state index in [9.17, 15) is 0 Å². The molecule has 20 heavy (non-hydrogen) atoms. The molecule has 0 bridgehead atoms. The van der Waals surface area contributed by atoms with Crippen molar-refractivity contribution in [3.05, 3.63) is 20.3 Å². The van der Waals surface area contributed by atoms with E-state index in [0.717, 1.165) is 6.42 Å². The second-order valence-corrected chi connectivity index (χ2v) is 8.23. The minimum atomic E-state index is 0.231. The van der Waals surface area contributed by atoms with Crippen molar-refractivity contribution in [2.75, 3.05) is 0 Å². The molecule has 1 atom stereocenters. The molecular formula is C17H30BrNS. The van der Waals surface area contributed by atoms with Crippen molar-refractivity contribution in [2.45, 2.75) is 84.1 Å². The normalized spacial score (nSPS) is 12.8. The molecule has 1 heterocycles. The zero-order chi connectivity index (χ0) is 14.8. The van der Waals surface area contributed by atoms with Gasteiger partial charge >= 0.3 is 0 Å². The molecule has 1 nitrogen and oxygen atoms in total. The average Bonchev–Trinajstić information content (AvgIpc) is 2.77. The van der Waals surface area contributed by atoms with Gasteiger partial charge in [-0.25, -0.2) is 0 Å². The molecule has 0 spiro atoms. The molecule has 116 valence electrons. The maximum Gasteiger partial charge on any atom is 0.0731 e. The maximum atomic E-state index is 6.26. The molecule has 0 fully saturated rings. The summed E-state index contributed by atoms with van der Waals surface area (Å²) < 4.78 is 1.23. The molecule has 0 amide bonds. The summed E-state index contributed by atoms with van der Waals surface area (Å²) in [5.41, 5.74) is 7.58. The number of hydrogen-bond acceptors (Lipinski definition) is 2. The largest absolute Gasteiger partial charge is 0.323 e. The van der Waals surface area contributed by atoms with Crippen molar-refractivity contribution >= 4 is 27.3 Å². The summed E-state index contributed by atoms with van der Waals surface area (Å²) in [7, 11) is 0. The Kier molecular flexibility index (Phi) is 9.83. The Morgan fingerprint density at radius 1 is 1.05 bits per heavy atom. The van der Waals surface area contributed by atoms with Crippen LogP contribution in [0.4, 0.5) is 0 Å². The van der Waals surface area contributed by atoms with Crippen LogP contribution < -0.4 is 5.73 Å². The monoisotopic (exact) mass is 359 g/mol. The van der Waals surface area contributed by atoms with Crippen molar-refractivity contribution in [1.82, 2.24) is 0 Å². The van der Waals surface area contributed by atoms with Gasteiger partial charge in [0.15, 0.2) is 0 Å². The summed E-state index contributed by atoms with van der Waals surface area (Å²) in [6.07, 6.45) is 13.5. The van der Waals surface area contributed by atoms with Gasteiger partial charge in [-0.05, 0) is 40.9 Å². The predicted molar refractivity (Wildman–Crippen MR) is 95.5 cm³/mol. The second-order valence-electron chi connectivity index (χ2n) is 5.83. The Labute approximate surface area is 137 Å². The Bertz CT molecular complexity index is 342. The Morgan fingerprint density at radius 3 is 2.10 bits per heavy atom. The molecule has 0 aliphatic carbocycles. The van der Waals surface area contributed by atoms with Crippen LogP contribution in [0.3, 0.4) is 0 Å². The van der Waals surface area contributed by atoms with E-state index in [2.05, 4.69) is 35.8 Å². The lowest BCUT2D eigenvalue weighted by atomic mass is 10.0. The highest BCUT2D eigenvalue weighted by Gasteiger charge is 2.10. The number of aryl methyl sites for hydroxylation is 1.